The van der Waals surface area contributed by atoms with E-state index >= 15 is 0 Å². The normalized spacial score (nSPS) is 19.1. The van der Waals surface area contributed by atoms with Crippen molar-refractivity contribution in [2.45, 2.75) is 39.2 Å². The van der Waals surface area contributed by atoms with Crippen LogP contribution in [0.15, 0.2) is 35.1 Å². The van der Waals surface area contributed by atoms with Gasteiger partial charge in [-0.1, -0.05) is 12.1 Å². The number of carbonyl (C=O) groups excluding carboxylic acids is 2. The first kappa shape index (κ1) is 18.5. The Labute approximate surface area is 164 Å². The van der Waals surface area contributed by atoms with Gasteiger partial charge in [-0.15, -0.1) is 0 Å². The summed E-state index contributed by atoms with van der Waals surface area (Å²) < 4.78 is 0. The summed E-state index contributed by atoms with van der Waals surface area (Å²) in [6.45, 7) is 5.08. The second-order valence-corrected chi connectivity index (χ2v) is 7.95. The van der Waals surface area contributed by atoms with Crippen LogP contribution in [0.1, 0.15) is 40.9 Å². The number of nitrogens with zero attached hydrogens (tertiary/aromatic N) is 1. The summed E-state index contributed by atoms with van der Waals surface area (Å²) in [7, 11) is 0. The predicted octanol–water partition coefficient (Wildman–Crippen LogP) is 2.40. The molecule has 1 saturated heterocycles. The molecule has 1 aliphatic carbocycles. The second-order valence-electron chi connectivity index (χ2n) is 7.95. The molecule has 1 aliphatic heterocycles. The van der Waals surface area contributed by atoms with Crippen molar-refractivity contribution < 1.29 is 9.59 Å². The van der Waals surface area contributed by atoms with Gasteiger partial charge < -0.3 is 15.2 Å². The molecular weight excluding hydrogens is 354 g/mol. The average Bonchev–Trinajstić information content (AvgIpc) is 3.45. The quantitative estimate of drug-likeness (QED) is 0.837. The van der Waals surface area contributed by atoms with E-state index < -0.39 is 0 Å². The SMILES string of the molecule is Cc1cc(-c2ccc(C(=O)NCC3CC(=O)N(C4CC4)C3)cc2)c(=O)[nH]c1C. The van der Waals surface area contributed by atoms with Crippen LogP contribution in [0.25, 0.3) is 11.1 Å². The first-order valence-corrected chi connectivity index (χ1v) is 9.81. The topological polar surface area (TPSA) is 82.3 Å². The third-order valence-corrected chi connectivity index (χ3v) is 5.73. The van der Waals surface area contributed by atoms with Crippen molar-refractivity contribution in [2.24, 2.45) is 5.92 Å². The number of hydrogen-bond acceptors (Lipinski definition) is 3. The molecule has 2 N–H and O–H groups in total. The molecule has 146 valence electrons. The van der Waals surface area contributed by atoms with Gasteiger partial charge >= 0.3 is 0 Å². The third kappa shape index (κ3) is 3.72. The molecule has 6 heteroatoms. The van der Waals surface area contributed by atoms with Crippen molar-refractivity contribution in [3.05, 3.63) is 57.5 Å². The molecule has 28 heavy (non-hydrogen) atoms. The molecular formula is C22H25N3O3. The summed E-state index contributed by atoms with van der Waals surface area (Å²) >= 11 is 0. The Kier molecular flexibility index (Phi) is 4.79. The summed E-state index contributed by atoms with van der Waals surface area (Å²) in [5.41, 5.74) is 3.67. The molecule has 0 spiro atoms. The number of pyridine rings is 1. The maximum atomic E-state index is 12.4. The Hall–Kier alpha value is -2.89. The lowest BCUT2D eigenvalue weighted by Crippen LogP contribution is -2.32. The van der Waals surface area contributed by atoms with E-state index in [1.54, 1.807) is 24.3 Å². The zero-order chi connectivity index (χ0) is 19.8. The first-order valence-electron chi connectivity index (χ1n) is 9.81. The second kappa shape index (κ2) is 7.26. The lowest BCUT2D eigenvalue weighted by Gasteiger charge is -2.15. The van der Waals surface area contributed by atoms with Crippen LogP contribution in [-0.4, -0.2) is 40.8 Å². The van der Waals surface area contributed by atoms with Gasteiger partial charge in [-0.05, 0) is 56.0 Å². The van der Waals surface area contributed by atoms with E-state index in [0.29, 0.717) is 30.1 Å². The van der Waals surface area contributed by atoms with Crippen molar-refractivity contribution in [2.75, 3.05) is 13.1 Å². The zero-order valence-electron chi connectivity index (χ0n) is 16.2. The van der Waals surface area contributed by atoms with Crippen molar-refractivity contribution in [1.82, 2.24) is 15.2 Å². The van der Waals surface area contributed by atoms with Crippen LogP contribution in [0.2, 0.25) is 0 Å². The number of nitrogens with one attached hydrogen (secondary N) is 2. The number of carbonyl (C=O) groups is 2. The molecule has 1 aromatic heterocycles. The largest absolute Gasteiger partial charge is 0.352 e. The fraction of sp³-hybridized carbons (Fsp3) is 0.409. The molecule has 2 fully saturated rings. The van der Waals surface area contributed by atoms with Crippen LogP contribution in [0.5, 0.6) is 0 Å². The highest BCUT2D eigenvalue weighted by molar-refractivity contribution is 5.94. The number of likely N-dealkylation sites (tertiary alicyclic amines) is 1. The lowest BCUT2D eigenvalue weighted by molar-refractivity contribution is -0.128. The number of aromatic amines is 1. The molecule has 1 aromatic carbocycles. The van der Waals surface area contributed by atoms with E-state index in [2.05, 4.69) is 10.3 Å². The molecule has 6 nitrogen and oxygen atoms in total. The molecule has 4 rings (SSSR count). The standard InChI is InChI=1S/C22H25N3O3/c1-13-9-19(22(28)24-14(13)2)16-3-5-17(6-4-16)21(27)23-11-15-10-20(26)25(12-15)18-7-8-18/h3-6,9,15,18H,7-8,10-12H2,1-2H3,(H,23,27)(H,24,28). The molecule has 2 aliphatic rings. The molecule has 1 atom stereocenters. The predicted molar refractivity (Wildman–Crippen MR) is 107 cm³/mol. The van der Waals surface area contributed by atoms with E-state index in [0.717, 1.165) is 36.2 Å². The maximum Gasteiger partial charge on any atom is 0.256 e. The average molecular weight is 379 g/mol. The van der Waals surface area contributed by atoms with Crippen molar-refractivity contribution in [3.8, 4) is 11.1 Å². The van der Waals surface area contributed by atoms with Crippen LogP contribution in [0, 0.1) is 19.8 Å². The van der Waals surface area contributed by atoms with Gasteiger partial charge in [0.15, 0.2) is 0 Å². The summed E-state index contributed by atoms with van der Waals surface area (Å²) in [4.78, 5) is 41.5. The molecule has 1 unspecified atom stereocenters. The number of aryl methyl sites for hydroxylation is 2. The first-order chi connectivity index (χ1) is 13.4. The molecule has 1 saturated carbocycles. The van der Waals surface area contributed by atoms with Gasteiger partial charge in [0.05, 0.1) is 0 Å². The highest BCUT2D eigenvalue weighted by Gasteiger charge is 2.39. The number of rotatable bonds is 5. The Bertz CT molecular complexity index is 974. The number of aromatic nitrogens is 1. The Balaban J connectivity index is 1.39. The van der Waals surface area contributed by atoms with Gasteiger partial charge in [0.1, 0.15) is 0 Å². The Morgan fingerprint density at radius 1 is 1.18 bits per heavy atom. The summed E-state index contributed by atoms with van der Waals surface area (Å²) in [6, 6.07) is 9.36. The van der Waals surface area contributed by atoms with Crippen molar-refractivity contribution >= 4 is 11.8 Å². The Morgan fingerprint density at radius 2 is 1.89 bits per heavy atom. The van der Waals surface area contributed by atoms with Gasteiger partial charge in [0, 0.05) is 48.3 Å². The summed E-state index contributed by atoms with van der Waals surface area (Å²) in [5, 5.41) is 2.94. The third-order valence-electron chi connectivity index (χ3n) is 5.73. The van der Waals surface area contributed by atoms with E-state index in [1.807, 2.05) is 24.8 Å². The fourth-order valence-electron chi connectivity index (χ4n) is 3.77. The van der Waals surface area contributed by atoms with E-state index in [1.165, 1.54) is 0 Å². The highest BCUT2D eigenvalue weighted by Crippen LogP contribution is 2.32. The van der Waals surface area contributed by atoms with Gasteiger partial charge in [-0.3, -0.25) is 14.4 Å². The highest BCUT2D eigenvalue weighted by atomic mass is 16.2. The summed E-state index contributed by atoms with van der Waals surface area (Å²) in [6.07, 6.45) is 2.74. The lowest BCUT2D eigenvalue weighted by atomic mass is 10.0. The summed E-state index contributed by atoms with van der Waals surface area (Å²) in [5.74, 6) is 0.244. The van der Waals surface area contributed by atoms with Crippen LogP contribution < -0.4 is 10.9 Å². The minimum atomic E-state index is -0.155. The van der Waals surface area contributed by atoms with E-state index in [4.69, 9.17) is 0 Å². The van der Waals surface area contributed by atoms with Crippen molar-refractivity contribution in [3.63, 3.8) is 0 Å². The molecule has 2 heterocycles. The van der Waals surface area contributed by atoms with Crippen molar-refractivity contribution in [1.29, 1.82) is 0 Å². The minimum Gasteiger partial charge on any atom is -0.352 e. The van der Waals surface area contributed by atoms with Crippen LogP contribution in [0.3, 0.4) is 0 Å². The van der Waals surface area contributed by atoms with E-state index in [-0.39, 0.29) is 23.3 Å². The molecule has 2 aromatic rings. The van der Waals surface area contributed by atoms with Crippen LogP contribution in [0.4, 0.5) is 0 Å². The maximum absolute atomic E-state index is 12.4. The Morgan fingerprint density at radius 3 is 2.57 bits per heavy atom. The molecule has 2 amide bonds. The monoisotopic (exact) mass is 379 g/mol. The van der Waals surface area contributed by atoms with Crippen LogP contribution in [-0.2, 0) is 4.79 Å². The zero-order valence-corrected chi connectivity index (χ0v) is 16.2. The minimum absolute atomic E-state index is 0.133. The molecule has 0 radical (unpaired) electrons. The number of H-pyrrole nitrogens is 1. The van der Waals surface area contributed by atoms with Gasteiger partial charge in [-0.2, -0.15) is 0 Å². The number of benzene rings is 1. The van der Waals surface area contributed by atoms with Gasteiger partial charge in [-0.25, -0.2) is 0 Å². The van der Waals surface area contributed by atoms with E-state index in [9.17, 15) is 14.4 Å². The fourth-order valence-corrected chi connectivity index (χ4v) is 3.77. The number of hydrogen-bond donors (Lipinski definition) is 2. The van der Waals surface area contributed by atoms with Gasteiger partial charge in [0.2, 0.25) is 5.91 Å². The van der Waals surface area contributed by atoms with Crippen LogP contribution >= 0.6 is 0 Å². The van der Waals surface area contributed by atoms with Gasteiger partial charge in [0.25, 0.3) is 11.5 Å². The number of amides is 2. The smallest absolute Gasteiger partial charge is 0.256 e. The molecule has 0 bridgehead atoms.